The number of fused-ring (bicyclic) bond motifs is 3. The Kier molecular flexibility index (Phi) is 3.52. The minimum Gasteiger partial charge on any atom is -0.496 e. The zero-order chi connectivity index (χ0) is 13.4. The van der Waals surface area contributed by atoms with Crippen molar-refractivity contribution in [2.45, 2.75) is 18.9 Å². The first kappa shape index (κ1) is 13.0. The molecule has 2 bridgehead atoms. The summed E-state index contributed by atoms with van der Waals surface area (Å²) >= 11 is 6.05. The van der Waals surface area contributed by atoms with Crippen molar-refractivity contribution in [3.8, 4) is 5.75 Å². The zero-order valence-corrected chi connectivity index (χ0v) is 11.8. The maximum atomic E-state index is 10.4. The first-order valence-corrected chi connectivity index (χ1v) is 7.15. The van der Waals surface area contributed by atoms with Gasteiger partial charge in [0.1, 0.15) is 17.6 Å². The largest absolute Gasteiger partial charge is 0.496 e. The van der Waals surface area contributed by atoms with Gasteiger partial charge in [-0.2, -0.15) is 0 Å². The Labute approximate surface area is 118 Å². The van der Waals surface area contributed by atoms with E-state index < -0.39 is 0 Å². The molecular formula is C15H19ClNO2+. The van der Waals surface area contributed by atoms with Crippen LogP contribution in [0.1, 0.15) is 18.4 Å². The van der Waals surface area contributed by atoms with E-state index in [0.29, 0.717) is 10.9 Å². The summed E-state index contributed by atoms with van der Waals surface area (Å²) in [5.74, 6) is 1.22. The number of methoxy groups -OCH3 is 1. The molecule has 102 valence electrons. The molecule has 0 saturated carbocycles. The van der Waals surface area contributed by atoms with Crippen molar-refractivity contribution in [1.82, 2.24) is 0 Å². The van der Waals surface area contributed by atoms with E-state index in [1.165, 1.54) is 4.90 Å². The van der Waals surface area contributed by atoms with E-state index in [-0.39, 0.29) is 6.10 Å². The highest BCUT2D eigenvalue weighted by atomic mass is 35.5. The topological polar surface area (TPSA) is 33.9 Å². The second-order valence-corrected chi connectivity index (χ2v) is 5.81. The molecular weight excluding hydrogens is 262 g/mol. The second kappa shape index (κ2) is 5.16. The number of aliphatic hydroxyl groups excluding tert-OH is 1. The molecule has 0 amide bonds. The maximum absolute atomic E-state index is 10.4. The van der Waals surface area contributed by atoms with Gasteiger partial charge in [-0.15, -0.1) is 0 Å². The third kappa shape index (κ3) is 2.38. The van der Waals surface area contributed by atoms with Crippen LogP contribution in [0.3, 0.4) is 0 Å². The van der Waals surface area contributed by atoms with Gasteiger partial charge in [0.05, 0.1) is 20.2 Å². The molecule has 0 aliphatic carbocycles. The van der Waals surface area contributed by atoms with Crippen LogP contribution in [0.15, 0.2) is 23.9 Å². The van der Waals surface area contributed by atoms with Crippen LogP contribution in [0, 0.1) is 5.92 Å². The number of piperidine rings is 3. The highest BCUT2D eigenvalue weighted by Gasteiger charge is 2.41. The smallest absolute Gasteiger partial charge is 0.137 e. The van der Waals surface area contributed by atoms with Gasteiger partial charge in [-0.05, 0) is 18.2 Å². The van der Waals surface area contributed by atoms with Crippen LogP contribution >= 0.6 is 11.6 Å². The molecule has 0 unspecified atom stereocenters. The molecule has 0 spiro atoms. The van der Waals surface area contributed by atoms with Crippen molar-refractivity contribution < 1.29 is 14.7 Å². The predicted molar refractivity (Wildman–Crippen MR) is 75.4 cm³/mol. The van der Waals surface area contributed by atoms with Gasteiger partial charge < -0.3 is 14.7 Å². The van der Waals surface area contributed by atoms with Crippen molar-refractivity contribution in [2.75, 3.05) is 20.2 Å². The summed E-state index contributed by atoms with van der Waals surface area (Å²) in [5.41, 5.74) is 2.03. The van der Waals surface area contributed by atoms with Gasteiger partial charge in [-0.25, -0.2) is 0 Å². The quantitative estimate of drug-likeness (QED) is 0.858. The van der Waals surface area contributed by atoms with Gasteiger partial charge in [0, 0.05) is 35.4 Å². The summed E-state index contributed by atoms with van der Waals surface area (Å²) in [4.78, 5) is 1.40. The lowest BCUT2D eigenvalue weighted by Crippen LogP contribution is -3.14. The summed E-state index contributed by atoms with van der Waals surface area (Å²) in [6.45, 7) is 2.24. The van der Waals surface area contributed by atoms with Crippen LogP contribution in [0.4, 0.5) is 0 Å². The highest BCUT2D eigenvalue weighted by Crippen LogP contribution is 2.29. The lowest BCUT2D eigenvalue weighted by atomic mass is 9.83. The van der Waals surface area contributed by atoms with Crippen LogP contribution < -0.4 is 9.64 Å². The van der Waals surface area contributed by atoms with E-state index >= 15 is 0 Å². The van der Waals surface area contributed by atoms with Crippen molar-refractivity contribution in [3.63, 3.8) is 0 Å². The average molecular weight is 281 g/mol. The summed E-state index contributed by atoms with van der Waals surface area (Å²) < 4.78 is 5.36. The van der Waals surface area contributed by atoms with E-state index in [2.05, 4.69) is 6.08 Å². The van der Waals surface area contributed by atoms with Crippen LogP contribution in [0.25, 0.3) is 6.08 Å². The Morgan fingerprint density at radius 2 is 2.11 bits per heavy atom. The molecule has 3 aliphatic heterocycles. The summed E-state index contributed by atoms with van der Waals surface area (Å²) in [7, 11) is 1.65. The molecule has 3 heterocycles. The SMILES string of the molecule is COc1ccc(Cl)cc1/C=C1/[C@@H](O)C2CC[NH+]1CC2. The van der Waals surface area contributed by atoms with Crippen LogP contribution in [-0.4, -0.2) is 31.4 Å². The van der Waals surface area contributed by atoms with E-state index in [1.807, 2.05) is 18.2 Å². The van der Waals surface area contributed by atoms with Crippen LogP contribution in [0.2, 0.25) is 5.02 Å². The molecule has 0 aromatic heterocycles. The van der Waals surface area contributed by atoms with Gasteiger partial charge >= 0.3 is 0 Å². The molecule has 3 fully saturated rings. The van der Waals surface area contributed by atoms with Crippen LogP contribution in [-0.2, 0) is 0 Å². The number of rotatable bonds is 2. The number of ether oxygens (including phenoxy) is 1. The van der Waals surface area contributed by atoms with Gasteiger partial charge in [0.25, 0.3) is 0 Å². The molecule has 4 rings (SSSR count). The van der Waals surface area contributed by atoms with E-state index in [0.717, 1.165) is 42.9 Å². The van der Waals surface area contributed by atoms with Gasteiger partial charge in [0.15, 0.2) is 0 Å². The number of hydrogen-bond acceptors (Lipinski definition) is 2. The predicted octanol–water partition coefficient (Wildman–Crippen LogP) is 1.36. The molecule has 4 heteroatoms. The number of halogens is 1. The van der Waals surface area contributed by atoms with Gasteiger partial charge in [0.2, 0.25) is 0 Å². The Morgan fingerprint density at radius 1 is 1.37 bits per heavy atom. The van der Waals surface area contributed by atoms with Crippen molar-refractivity contribution >= 4 is 17.7 Å². The van der Waals surface area contributed by atoms with E-state index in [4.69, 9.17) is 16.3 Å². The molecule has 2 N–H and O–H groups in total. The van der Waals surface area contributed by atoms with Gasteiger partial charge in [-0.1, -0.05) is 11.6 Å². The van der Waals surface area contributed by atoms with Crippen molar-refractivity contribution in [3.05, 3.63) is 34.5 Å². The standard InChI is InChI=1S/C15H18ClNO2/c1-19-14-3-2-12(16)8-11(14)9-13-15(18)10-4-6-17(13)7-5-10/h2-3,8-10,15,18H,4-7H2,1H3/p+1/b13-9-/t15-/m0/s1. The zero-order valence-electron chi connectivity index (χ0n) is 11.0. The molecule has 3 saturated heterocycles. The molecule has 0 radical (unpaired) electrons. The molecule has 1 aromatic carbocycles. The normalized spacial score (nSPS) is 31.7. The van der Waals surface area contributed by atoms with E-state index in [9.17, 15) is 5.11 Å². The van der Waals surface area contributed by atoms with Crippen LogP contribution in [0.5, 0.6) is 5.75 Å². The lowest BCUT2D eigenvalue weighted by Gasteiger charge is -2.41. The number of nitrogens with one attached hydrogen (secondary N) is 1. The number of benzene rings is 1. The van der Waals surface area contributed by atoms with Gasteiger partial charge in [-0.3, -0.25) is 0 Å². The molecule has 3 aliphatic rings. The maximum Gasteiger partial charge on any atom is 0.137 e. The first-order chi connectivity index (χ1) is 9.19. The fourth-order valence-electron chi connectivity index (χ4n) is 3.23. The molecule has 3 nitrogen and oxygen atoms in total. The number of quaternary nitrogens is 1. The monoisotopic (exact) mass is 280 g/mol. The Bertz CT molecular complexity index is 503. The summed E-state index contributed by atoms with van der Waals surface area (Å²) in [6, 6.07) is 5.58. The summed E-state index contributed by atoms with van der Waals surface area (Å²) in [5, 5.41) is 11.1. The minimum atomic E-state index is -0.318. The number of hydrogen-bond donors (Lipinski definition) is 2. The Balaban J connectivity index is 1.99. The lowest BCUT2D eigenvalue weighted by molar-refractivity contribution is -0.880. The summed E-state index contributed by atoms with van der Waals surface area (Å²) in [6.07, 6.45) is 3.98. The first-order valence-electron chi connectivity index (χ1n) is 6.77. The molecule has 19 heavy (non-hydrogen) atoms. The average Bonchev–Trinajstić information content (AvgIpc) is 2.43. The Hall–Kier alpha value is -1.03. The fourth-order valence-corrected chi connectivity index (χ4v) is 3.41. The molecule has 1 atom stereocenters. The second-order valence-electron chi connectivity index (χ2n) is 5.37. The third-order valence-electron chi connectivity index (χ3n) is 4.31. The number of aliphatic hydroxyl groups is 1. The van der Waals surface area contributed by atoms with Crippen molar-refractivity contribution in [1.29, 1.82) is 0 Å². The minimum absolute atomic E-state index is 0.318. The van der Waals surface area contributed by atoms with E-state index in [1.54, 1.807) is 7.11 Å². The third-order valence-corrected chi connectivity index (χ3v) is 4.55. The highest BCUT2D eigenvalue weighted by molar-refractivity contribution is 6.30. The Morgan fingerprint density at radius 3 is 2.74 bits per heavy atom. The fraction of sp³-hybridized carbons (Fsp3) is 0.467. The molecule has 1 aromatic rings. The van der Waals surface area contributed by atoms with Crippen molar-refractivity contribution in [2.24, 2.45) is 5.92 Å².